The number of hydrogen-bond donors (Lipinski definition) is 3. The Morgan fingerprint density at radius 2 is 2.41 bits per heavy atom. The summed E-state index contributed by atoms with van der Waals surface area (Å²) in [5.41, 5.74) is 2.04. The first kappa shape index (κ1) is 13.7. The fraction of sp³-hybridized carbons (Fsp3) is 0.400. The molecule has 1 aromatic heterocycles. The molecule has 1 rings (SSSR count). The van der Waals surface area contributed by atoms with Crippen molar-refractivity contribution < 1.29 is 9.18 Å². The number of nitrogens with two attached hydrogens (primary N) is 1. The first-order chi connectivity index (χ1) is 8.20. The largest absolute Gasteiger partial charge is 0.352 e. The Morgan fingerprint density at radius 3 is 3.06 bits per heavy atom. The summed E-state index contributed by atoms with van der Waals surface area (Å²) in [4.78, 5) is 15.3. The fourth-order valence-corrected chi connectivity index (χ4v) is 1.67. The second-order valence-electron chi connectivity index (χ2n) is 3.27. The van der Waals surface area contributed by atoms with Crippen molar-refractivity contribution in [3.05, 3.63) is 23.6 Å². The second kappa shape index (κ2) is 7.08. The lowest BCUT2D eigenvalue weighted by atomic mass is 10.2. The molecule has 5 nitrogen and oxygen atoms in total. The van der Waals surface area contributed by atoms with E-state index in [1.54, 1.807) is 11.8 Å². The molecule has 1 aromatic rings. The van der Waals surface area contributed by atoms with Crippen molar-refractivity contribution in [2.45, 2.75) is 6.42 Å². The molecule has 0 spiro atoms. The van der Waals surface area contributed by atoms with Crippen molar-refractivity contribution >= 4 is 23.5 Å². The highest BCUT2D eigenvalue weighted by Gasteiger charge is 2.14. The number of halogens is 1. The van der Waals surface area contributed by atoms with E-state index in [0.717, 1.165) is 12.2 Å². The van der Waals surface area contributed by atoms with Gasteiger partial charge in [-0.2, -0.15) is 11.8 Å². The summed E-state index contributed by atoms with van der Waals surface area (Å²) in [7, 11) is 0. The van der Waals surface area contributed by atoms with E-state index >= 15 is 0 Å². The van der Waals surface area contributed by atoms with Crippen LogP contribution in [0.1, 0.15) is 16.8 Å². The van der Waals surface area contributed by atoms with Gasteiger partial charge < -0.3 is 10.7 Å². The van der Waals surface area contributed by atoms with Crippen LogP contribution in [0.2, 0.25) is 0 Å². The highest BCUT2D eigenvalue weighted by atomic mass is 32.2. The average molecular weight is 258 g/mol. The third-order valence-electron chi connectivity index (χ3n) is 2.08. The van der Waals surface area contributed by atoms with Gasteiger partial charge in [0.2, 0.25) is 0 Å². The lowest BCUT2D eigenvalue weighted by Crippen LogP contribution is -2.26. The Bertz CT molecular complexity index is 389. The van der Waals surface area contributed by atoms with Gasteiger partial charge in [0, 0.05) is 12.7 Å². The van der Waals surface area contributed by atoms with Crippen molar-refractivity contribution in [1.29, 1.82) is 0 Å². The number of anilines is 1. The van der Waals surface area contributed by atoms with Crippen LogP contribution >= 0.6 is 11.8 Å². The first-order valence-electron chi connectivity index (χ1n) is 5.09. The lowest BCUT2D eigenvalue weighted by Gasteiger charge is -2.07. The van der Waals surface area contributed by atoms with Gasteiger partial charge in [0.05, 0.1) is 5.56 Å². The summed E-state index contributed by atoms with van der Waals surface area (Å²) in [5.74, 6) is 4.69. The number of thioether (sulfide) groups is 1. The fourth-order valence-electron chi connectivity index (χ4n) is 1.23. The Morgan fingerprint density at radius 1 is 1.65 bits per heavy atom. The standard InChI is InChI=1S/C10H15FN4OS/c1-17-6-2-4-14-10(16)7-3-5-13-9(15-12)8(7)11/h3,5H,2,4,6,12H2,1H3,(H,13,15)(H,14,16). The lowest BCUT2D eigenvalue weighted by molar-refractivity contribution is 0.0949. The Hall–Kier alpha value is -1.34. The zero-order chi connectivity index (χ0) is 12.7. The van der Waals surface area contributed by atoms with Crippen LogP contribution in [0.5, 0.6) is 0 Å². The summed E-state index contributed by atoms with van der Waals surface area (Å²) in [6, 6.07) is 1.32. The molecule has 0 saturated heterocycles. The summed E-state index contributed by atoms with van der Waals surface area (Å²) in [6.07, 6.45) is 4.17. The number of carbonyl (C=O) groups excluding carboxylic acids is 1. The summed E-state index contributed by atoms with van der Waals surface area (Å²) >= 11 is 1.70. The Kier molecular flexibility index (Phi) is 5.71. The van der Waals surface area contributed by atoms with E-state index < -0.39 is 11.7 Å². The van der Waals surface area contributed by atoms with E-state index in [2.05, 4.69) is 15.7 Å². The van der Waals surface area contributed by atoms with Gasteiger partial charge in [0.25, 0.3) is 5.91 Å². The smallest absolute Gasteiger partial charge is 0.254 e. The number of amides is 1. The third kappa shape index (κ3) is 3.86. The molecular weight excluding hydrogens is 243 g/mol. The van der Waals surface area contributed by atoms with Gasteiger partial charge in [0.1, 0.15) is 0 Å². The van der Waals surface area contributed by atoms with Gasteiger partial charge in [-0.1, -0.05) is 0 Å². The molecule has 7 heteroatoms. The molecule has 0 saturated carbocycles. The van der Waals surface area contributed by atoms with Gasteiger partial charge in [-0.25, -0.2) is 15.2 Å². The number of aromatic nitrogens is 1. The minimum Gasteiger partial charge on any atom is -0.352 e. The van der Waals surface area contributed by atoms with E-state index in [0.29, 0.717) is 6.54 Å². The predicted octanol–water partition coefficient (Wildman–Crippen LogP) is 0.989. The Balaban J connectivity index is 2.62. The minimum absolute atomic E-state index is 0.0582. The van der Waals surface area contributed by atoms with Crippen molar-refractivity contribution in [1.82, 2.24) is 10.3 Å². The topological polar surface area (TPSA) is 80.0 Å². The van der Waals surface area contributed by atoms with E-state index in [4.69, 9.17) is 5.84 Å². The summed E-state index contributed by atoms with van der Waals surface area (Å²) < 4.78 is 13.6. The van der Waals surface area contributed by atoms with Crippen LogP contribution in [0.25, 0.3) is 0 Å². The molecule has 0 atom stereocenters. The van der Waals surface area contributed by atoms with Gasteiger partial charge in [-0.15, -0.1) is 0 Å². The van der Waals surface area contributed by atoms with Crippen molar-refractivity contribution in [2.75, 3.05) is 24.0 Å². The monoisotopic (exact) mass is 258 g/mol. The van der Waals surface area contributed by atoms with Crippen LogP contribution in [0.4, 0.5) is 10.2 Å². The van der Waals surface area contributed by atoms with Crippen LogP contribution in [-0.2, 0) is 0 Å². The summed E-state index contributed by atoms with van der Waals surface area (Å²) in [6.45, 7) is 0.521. The van der Waals surface area contributed by atoms with Crippen molar-refractivity contribution in [2.24, 2.45) is 5.84 Å². The molecule has 4 N–H and O–H groups in total. The number of carbonyl (C=O) groups is 1. The predicted molar refractivity (Wildman–Crippen MR) is 67.3 cm³/mol. The maximum atomic E-state index is 13.6. The van der Waals surface area contributed by atoms with Crippen LogP contribution in [0.15, 0.2) is 12.3 Å². The highest BCUT2D eigenvalue weighted by molar-refractivity contribution is 7.98. The second-order valence-corrected chi connectivity index (χ2v) is 4.25. The summed E-state index contributed by atoms with van der Waals surface area (Å²) in [5, 5.41) is 2.64. The molecule has 0 radical (unpaired) electrons. The minimum atomic E-state index is -0.739. The Labute approximate surface area is 103 Å². The quantitative estimate of drug-likeness (QED) is 0.403. The van der Waals surface area contributed by atoms with Gasteiger partial charge in [-0.3, -0.25) is 4.79 Å². The molecule has 17 heavy (non-hydrogen) atoms. The maximum absolute atomic E-state index is 13.6. The number of nitrogens with zero attached hydrogens (tertiary/aromatic N) is 1. The van der Waals surface area contributed by atoms with Gasteiger partial charge in [0.15, 0.2) is 11.6 Å². The van der Waals surface area contributed by atoms with E-state index in [9.17, 15) is 9.18 Å². The van der Waals surface area contributed by atoms with Crippen LogP contribution in [0.3, 0.4) is 0 Å². The molecule has 0 aromatic carbocycles. The number of hydrogen-bond acceptors (Lipinski definition) is 5. The maximum Gasteiger partial charge on any atom is 0.254 e. The molecule has 0 aliphatic rings. The van der Waals surface area contributed by atoms with Crippen LogP contribution in [0, 0.1) is 5.82 Å². The van der Waals surface area contributed by atoms with Gasteiger partial charge in [-0.05, 0) is 24.5 Å². The number of nitrogens with one attached hydrogen (secondary N) is 2. The molecular formula is C10H15FN4OS. The highest BCUT2D eigenvalue weighted by Crippen LogP contribution is 2.13. The van der Waals surface area contributed by atoms with Crippen molar-refractivity contribution in [3.63, 3.8) is 0 Å². The SMILES string of the molecule is CSCCCNC(=O)c1ccnc(NN)c1F. The first-order valence-corrected chi connectivity index (χ1v) is 6.48. The normalized spacial score (nSPS) is 10.1. The molecule has 0 fully saturated rings. The number of hydrazine groups is 1. The van der Waals surface area contributed by atoms with Crippen LogP contribution < -0.4 is 16.6 Å². The van der Waals surface area contributed by atoms with Crippen LogP contribution in [-0.4, -0.2) is 29.4 Å². The van der Waals surface area contributed by atoms with Gasteiger partial charge >= 0.3 is 0 Å². The molecule has 0 bridgehead atoms. The van der Waals surface area contributed by atoms with Crippen molar-refractivity contribution in [3.8, 4) is 0 Å². The molecule has 0 aliphatic carbocycles. The number of pyridine rings is 1. The number of rotatable bonds is 6. The average Bonchev–Trinajstić information content (AvgIpc) is 2.34. The van der Waals surface area contributed by atoms with E-state index in [-0.39, 0.29) is 11.4 Å². The van der Waals surface area contributed by atoms with E-state index in [1.165, 1.54) is 12.3 Å². The molecule has 1 heterocycles. The zero-order valence-electron chi connectivity index (χ0n) is 9.50. The van der Waals surface area contributed by atoms with E-state index in [1.807, 2.05) is 6.26 Å². The molecule has 94 valence electrons. The molecule has 1 amide bonds. The number of nitrogen functional groups attached to an aromatic ring is 1. The molecule has 0 unspecified atom stereocenters. The molecule has 0 aliphatic heterocycles. The third-order valence-corrected chi connectivity index (χ3v) is 2.78. The zero-order valence-corrected chi connectivity index (χ0v) is 10.3.